The van der Waals surface area contributed by atoms with Gasteiger partial charge < -0.3 is 5.11 Å². The van der Waals surface area contributed by atoms with E-state index in [0.717, 1.165) is 0 Å². The molecule has 8 heteroatoms. The monoisotopic (exact) mass is 355 g/mol. The van der Waals surface area contributed by atoms with Gasteiger partial charge >= 0.3 is 0 Å². The van der Waals surface area contributed by atoms with E-state index >= 15 is 0 Å². The molecule has 25 heavy (non-hydrogen) atoms. The van der Waals surface area contributed by atoms with Crippen LogP contribution >= 0.6 is 11.8 Å². The predicted molar refractivity (Wildman–Crippen MR) is 96.6 cm³/mol. The number of rotatable bonds is 3. The van der Waals surface area contributed by atoms with Crippen LogP contribution in [0.1, 0.15) is 5.56 Å². The standard InChI is InChI=1S/C17H13N3O4S/c1-19-16(22)15(10-11-3-2-4-13(9-11)20(23)24)25-17(19)18-12-5-7-14(21)8-6-12/h2-10,21H,1H3/b15-10-,18-17?. The predicted octanol–water partition coefficient (Wildman–Crippen LogP) is 3.53. The number of amides is 1. The molecule has 7 nitrogen and oxygen atoms in total. The molecule has 1 heterocycles. The number of likely N-dealkylation sites (N-methyl/N-ethyl adjacent to an activating group) is 1. The Morgan fingerprint density at radius 3 is 2.64 bits per heavy atom. The number of hydrogen-bond donors (Lipinski definition) is 1. The van der Waals surface area contributed by atoms with Gasteiger partial charge in [0.05, 0.1) is 15.5 Å². The SMILES string of the molecule is CN1C(=O)/C(=C/c2cccc([N+](=O)[O-])c2)SC1=Nc1ccc(O)cc1. The molecule has 126 valence electrons. The molecule has 0 bridgehead atoms. The lowest BCUT2D eigenvalue weighted by Crippen LogP contribution is -2.23. The summed E-state index contributed by atoms with van der Waals surface area (Å²) in [5.74, 6) is -0.0900. The highest BCUT2D eigenvalue weighted by atomic mass is 32.2. The molecule has 0 aliphatic carbocycles. The highest BCUT2D eigenvalue weighted by Gasteiger charge is 2.30. The van der Waals surface area contributed by atoms with Gasteiger partial charge in [-0.05, 0) is 47.7 Å². The summed E-state index contributed by atoms with van der Waals surface area (Å²) in [5.41, 5.74) is 1.15. The van der Waals surface area contributed by atoms with E-state index in [0.29, 0.717) is 21.3 Å². The number of non-ortho nitro benzene ring substituents is 1. The van der Waals surface area contributed by atoms with Crippen molar-refractivity contribution in [1.29, 1.82) is 0 Å². The minimum atomic E-state index is -0.477. The van der Waals surface area contributed by atoms with Gasteiger partial charge in [0.25, 0.3) is 11.6 Å². The molecule has 0 aromatic heterocycles. The van der Waals surface area contributed by atoms with Gasteiger partial charge in [0.1, 0.15) is 5.75 Å². The van der Waals surface area contributed by atoms with Crippen LogP contribution in [0, 0.1) is 10.1 Å². The van der Waals surface area contributed by atoms with Crippen LogP contribution in [0.5, 0.6) is 5.75 Å². The molecule has 2 aromatic rings. The van der Waals surface area contributed by atoms with Crippen LogP contribution in [0.2, 0.25) is 0 Å². The molecule has 0 saturated carbocycles. The van der Waals surface area contributed by atoms with Crippen LogP contribution in [-0.4, -0.2) is 33.1 Å². The summed E-state index contributed by atoms with van der Waals surface area (Å²) < 4.78 is 0. The smallest absolute Gasteiger partial charge is 0.270 e. The molecule has 1 saturated heterocycles. The number of hydrogen-bond acceptors (Lipinski definition) is 6. The number of benzene rings is 2. The van der Waals surface area contributed by atoms with Crippen molar-refractivity contribution in [3.05, 3.63) is 69.1 Å². The number of aromatic hydroxyl groups is 1. The number of carbonyl (C=O) groups excluding carboxylic acids is 1. The Hall–Kier alpha value is -3.13. The Bertz CT molecular complexity index is 906. The first-order chi connectivity index (χ1) is 11.9. The number of thioether (sulfide) groups is 1. The van der Waals surface area contributed by atoms with E-state index in [9.17, 15) is 20.0 Å². The topological polar surface area (TPSA) is 96.0 Å². The van der Waals surface area contributed by atoms with Gasteiger partial charge in [0, 0.05) is 19.2 Å². The van der Waals surface area contributed by atoms with Gasteiger partial charge in [0.15, 0.2) is 5.17 Å². The highest BCUT2D eigenvalue weighted by Crippen LogP contribution is 2.33. The van der Waals surface area contributed by atoms with E-state index in [2.05, 4.69) is 4.99 Å². The normalized spacial score (nSPS) is 17.5. The van der Waals surface area contributed by atoms with E-state index < -0.39 is 4.92 Å². The molecular formula is C17H13N3O4S. The largest absolute Gasteiger partial charge is 0.508 e. The lowest BCUT2D eigenvalue weighted by Gasteiger charge is -2.07. The fourth-order valence-electron chi connectivity index (χ4n) is 2.17. The Morgan fingerprint density at radius 1 is 1.24 bits per heavy atom. The van der Waals surface area contributed by atoms with Crippen molar-refractivity contribution in [1.82, 2.24) is 4.90 Å². The van der Waals surface area contributed by atoms with Crippen molar-refractivity contribution in [2.45, 2.75) is 0 Å². The van der Waals surface area contributed by atoms with E-state index in [-0.39, 0.29) is 17.3 Å². The molecule has 1 aliphatic heterocycles. The van der Waals surface area contributed by atoms with Gasteiger partial charge in [0.2, 0.25) is 0 Å². The number of nitro benzene ring substituents is 1. The Morgan fingerprint density at radius 2 is 1.96 bits per heavy atom. The summed E-state index contributed by atoms with van der Waals surface area (Å²) >= 11 is 1.19. The maximum atomic E-state index is 12.4. The van der Waals surface area contributed by atoms with Crippen LogP contribution in [0.15, 0.2) is 58.4 Å². The van der Waals surface area contributed by atoms with Crippen LogP contribution in [-0.2, 0) is 4.79 Å². The maximum absolute atomic E-state index is 12.4. The summed E-state index contributed by atoms with van der Waals surface area (Å²) in [6.45, 7) is 0. The van der Waals surface area contributed by atoms with Gasteiger partial charge in [-0.2, -0.15) is 0 Å². The van der Waals surface area contributed by atoms with E-state index in [1.807, 2.05) is 0 Å². The number of nitro groups is 1. The first-order valence-electron chi connectivity index (χ1n) is 7.24. The number of carbonyl (C=O) groups is 1. The number of phenolic OH excluding ortho intramolecular Hbond substituents is 1. The number of amidine groups is 1. The first kappa shape index (κ1) is 16.7. The third kappa shape index (κ3) is 3.69. The van der Waals surface area contributed by atoms with Crippen LogP contribution in [0.25, 0.3) is 6.08 Å². The second-order valence-corrected chi connectivity index (χ2v) is 6.25. The summed E-state index contributed by atoms with van der Waals surface area (Å²) in [5, 5.41) is 20.7. The van der Waals surface area contributed by atoms with E-state index in [4.69, 9.17) is 0 Å². The molecular weight excluding hydrogens is 342 g/mol. The summed E-state index contributed by atoms with van der Waals surface area (Å²) in [4.78, 5) is 29.0. The lowest BCUT2D eigenvalue weighted by molar-refractivity contribution is -0.384. The highest BCUT2D eigenvalue weighted by molar-refractivity contribution is 8.18. The zero-order valence-electron chi connectivity index (χ0n) is 13.1. The van der Waals surface area contributed by atoms with Crippen molar-refractivity contribution in [2.75, 3.05) is 7.05 Å². The average Bonchev–Trinajstić information content (AvgIpc) is 2.85. The molecule has 2 aromatic carbocycles. The van der Waals surface area contributed by atoms with Crippen molar-refractivity contribution in [2.24, 2.45) is 4.99 Å². The molecule has 1 amide bonds. The summed E-state index contributed by atoms with van der Waals surface area (Å²) in [6.07, 6.45) is 1.61. The Labute approximate surface area is 147 Å². The van der Waals surface area contributed by atoms with Gasteiger partial charge in [-0.25, -0.2) is 4.99 Å². The Balaban J connectivity index is 1.89. The second-order valence-electron chi connectivity index (χ2n) is 5.24. The third-order valence-electron chi connectivity index (χ3n) is 3.46. The summed E-state index contributed by atoms with van der Waals surface area (Å²) in [6, 6.07) is 12.4. The lowest BCUT2D eigenvalue weighted by atomic mass is 10.2. The molecule has 0 unspecified atom stereocenters. The molecule has 0 spiro atoms. The van der Waals surface area contributed by atoms with Gasteiger partial charge in [-0.1, -0.05) is 12.1 Å². The van der Waals surface area contributed by atoms with Crippen LogP contribution in [0.4, 0.5) is 11.4 Å². The Kier molecular flexibility index (Phi) is 4.53. The van der Waals surface area contributed by atoms with Crippen molar-refractivity contribution >= 4 is 40.3 Å². The van der Waals surface area contributed by atoms with Crippen molar-refractivity contribution < 1.29 is 14.8 Å². The minimum absolute atomic E-state index is 0.0314. The van der Waals surface area contributed by atoms with Crippen LogP contribution in [0.3, 0.4) is 0 Å². The molecule has 3 rings (SSSR count). The zero-order chi connectivity index (χ0) is 18.0. The van der Waals surface area contributed by atoms with Crippen LogP contribution < -0.4 is 0 Å². The zero-order valence-corrected chi connectivity index (χ0v) is 13.9. The number of nitrogens with zero attached hydrogens (tertiary/aromatic N) is 3. The molecule has 1 aliphatic rings. The van der Waals surface area contributed by atoms with E-state index in [1.54, 1.807) is 37.4 Å². The number of phenols is 1. The minimum Gasteiger partial charge on any atom is -0.508 e. The molecule has 0 atom stereocenters. The maximum Gasteiger partial charge on any atom is 0.270 e. The van der Waals surface area contributed by atoms with Gasteiger partial charge in [-0.3, -0.25) is 19.8 Å². The molecule has 0 radical (unpaired) electrons. The number of aliphatic imine (C=N–C) groups is 1. The van der Waals surface area contributed by atoms with Gasteiger partial charge in [-0.15, -0.1) is 0 Å². The summed E-state index contributed by atoms with van der Waals surface area (Å²) in [7, 11) is 1.61. The van der Waals surface area contributed by atoms with Crippen molar-refractivity contribution in [3.8, 4) is 5.75 Å². The average molecular weight is 355 g/mol. The first-order valence-corrected chi connectivity index (χ1v) is 8.05. The second kappa shape index (κ2) is 6.78. The fraction of sp³-hybridized carbons (Fsp3) is 0.0588. The quantitative estimate of drug-likeness (QED) is 0.516. The third-order valence-corrected chi connectivity index (χ3v) is 4.52. The molecule has 1 fully saturated rings. The van der Waals surface area contributed by atoms with Crippen molar-refractivity contribution in [3.63, 3.8) is 0 Å². The fourth-order valence-corrected chi connectivity index (χ4v) is 3.16. The molecule has 1 N–H and O–H groups in total. The van der Waals surface area contributed by atoms with E-state index in [1.165, 1.54) is 40.9 Å².